The maximum atomic E-state index is 12.9. The summed E-state index contributed by atoms with van der Waals surface area (Å²) in [6.07, 6.45) is -1.09. The van der Waals surface area contributed by atoms with Crippen molar-refractivity contribution >= 4 is 17.5 Å². The lowest BCUT2D eigenvalue weighted by Gasteiger charge is -2.26. The molecule has 0 bridgehead atoms. The van der Waals surface area contributed by atoms with Crippen LogP contribution in [-0.2, 0) is 6.18 Å². The first-order valence-electron chi connectivity index (χ1n) is 7.12. The van der Waals surface area contributed by atoms with Crippen LogP contribution in [0.25, 0.3) is 6.08 Å². The van der Waals surface area contributed by atoms with Crippen LogP contribution >= 0.6 is 0 Å². The lowest BCUT2D eigenvalue weighted by Crippen LogP contribution is -2.37. The van der Waals surface area contributed by atoms with E-state index in [2.05, 4.69) is 5.53 Å². The second kappa shape index (κ2) is 5.04. The van der Waals surface area contributed by atoms with Gasteiger partial charge in [0.15, 0.2) is 0 Å². The summed E-state index contributed by atoms with van der Waals surface area (Å²) < 4.78 is 38.7. The van der Waals surface area contributed by atoms with Crippen LogP contribution < -0.4 is 20.7 Å². The minimum atomic E-state index is -4.48. The molecule has 2 heterocycles. The van der Waals surface area contributed by atoms with E-state index in [0.717, 1.165) is 22.7 Å². The maximum absolute atomic E-state index is 12.9. The summed E-state index contributed by atoms with van der Waals surface area (Å²) >= 11 is 0. The highest BCUT2D eigenvalue weighted by atomic mass is 19.4. The average molecular weight is 329 g/mol. The van der Waals surface area contributed by atoms with Crippen molar-refractivity contribution in [2.75, 3.05) is 10.0 Å². The largest absolute Gasteiger partial charge is 0.857 e. The standard InChI is InChI=1S/C17H11F3N3O/c18-17(19,20)12-5-3-6-13(10-12)22-16(24)15-9-8-11-4-1-2-7-14(11)23(15)21-22/h1-10,24H/p-1. The van der Waals surface area contributed by atoms with Gasteiger partial charge in [-0.3, -0.25) is 5.01 Å². The number of allylic oxidation sites excluding steroid dienone is 1. The zero-order valence-electron chi connectivity index (χ0n) is 12.2. The fraction of sp³-hybridized carbons (Fsp3) is 0.0588. The first-order chi connectivity index (χ1) is 11.4. The van der Waals surface area contributed by atoms with Gasteiger partial charge in [-0.2, -0.15) is 13.2 Å². The van der Waals surface area contributed by atoms with Gasteiger partial charge in [0.25, 0.3) is 0 Å². The molecule has 121 valence electrons. The zero-order valence-corrected chi connectivity index (χ0v) is 12.2. The van der Waals surface area contributed by atoms with Crippen molar-refractivity contribution in [1.82, 2.24) is 5.53 Å². The number of anilines is 2. The quantitative estimate of drug-likeness (QED) is 0.808. The summed E-state index contributed by atoms with van der Waals surface area (Å²) in [4.78, 5) is 0. The molecular weight excluding hydrogens is 319 g/mol. The number of hydrogen-bond donors (Lipinski definition) is 0. The zero-order chi connectivity index (χ0) is 16.9. The monoisotopic (exact) mass is 329 g/mol. The Morgan fingerprint density at radius 2 is 1.71 bits per heavy atom. The molecule has 0 unspecified atom stereocenters. The summed E-state index contributed by atoms with van der Waals surface area (Å²) in [5, 5.41) is 15.0. The van der Waals surface area contributed by atoms with E-state index in [-0.39, 0.29) is 5.69 Å². The number of nitrogens with zero attached hydrogens (tertiary/aromatic N) is 3. The van der Waals surface area contributed by atoms with Crippen molar-refractivity contribution in [2.45, 2.75) is 6.18 Å². The van der Waals surface area contributed by atoms with Gasteiger partial charge in [0.1, 0.15) is 0 Å². The second-order valence-corrected chi connectivity index (χ2v) is 5.34. The Balaban J connectivity index is 1.74. The van der Waals surface area contributed by atoms with Crippen LogP contribution in [0.4, 0.5) is 24.5 Å². The molecule has 0 saturated carbocycles. The van der Waals surface area contributed by atoms with Gasteiger partial charge in [-0.05, 0) is 41.4 Å². The molecule has 0 spiro atoms. The molecule has 0 fully saturated rings. The van der Waals surface area contributed by atoms with Gasteiger partial charge in [-0.15, -0.1) is 0 Å². The Hall–Kier alpha value is -2.93. The SMILES string of the molecule is [O-]C1=C2C=Cc3ccccc3N2[N]N1c1cccc(C(F)(F)F)c1. The van der Waals surface area contributed by atoms with Crippen LogP contribution in [0.1, 0.15) is 11.1 Å². The summed E-state index contributed by atoms with van der Waals surface area (Å²) in [5.41, 5.74) is 5.32. The van der Waals surface area contributed by atoms with Crippen molar-refractivity contribution in [1.29, 1.82) is 0 Å². The van der Waals surface area contributed by atoms with Crippen LogP contribution in [0.15, 0.2) is 66.2 Å². The molecule has 7 heteroatoms. The molecule has 0 amide bonds. The normalized spacial score (nSPS) is 16.5. The number of para-hydroxylation sites is 1. The molecule has 2 aromatic rings. The Bertz CT molecular complexity index is 873. The van der Waals surface area contributed by atoms with Crippen molar-refractivity contribution in [2.24, 2.45) is 0 Å². The van der Waals surface area contributed by atoms with Crippen LogP contribution in [-0.4, -0.2) is 0 Å². The van der Waals surface area contributed by atoms with Crippen molar-refractivity contribution in [3.63, 3.8) is 0 Å². The summed E-state index contributed by atoms with van der Waals surface area (Å²) in [5.74, 6) is -0.472. The Kier molecular flexibility index (Phi) is 3.07. The molecule has 1 radical (unpaired) electrons. The van der Waals surface area contributed by atoms with E-state index in [9.17, 15) is 18.3 Å². The van der Waals surface area contributed by atoms with Gasteiger partial charge in [0.05, 0.1) is 22.6 Å². The van der Waals surface area contributed by atoms with Crippen molar-refractivity contribution in [3.05, 3.63) is 77.3 Å². The molecule has 0 aliphatic carbocycles. The van der Waals surface area contributed by atoms with Crippen LogP contribution in [0.2, 0.25) is 0 Å². The van der Waals surface area contributed by atoms with E-state index in [1.165, 1.54) is 17.1 Å². The molecule has 0 N–H and O–H groups in total. The molecular formula is C17H10F3N3O-. The molecule has 4 nitrogen and oxygen atoms in total. The molecule has 2 aromatic carbocycles. The minimum absolute atomic E-state index is 0.0719. The molecule has 0 atom stereocenters. The predicted octanol–water partition coefficient (Wildman–Crippen LogP) is 3.02. The first kappa shape index (κ1) is 14.6. The van der Waals surface area contributed by atoms with Gasteiger partial charge in [0, 0.05) is 5.88 Å². The number of benzene rings is 2. The third kappa shape index (κ3) is 2.21. The van der Waals surface area contributed by atoms with Crippen LogP contribution in [0.5, 0.6) is 0 Å². The average Bonchev–Trinajstić information content (AvgIpc) is 2.92. The Morgan fingerprint density at radius 1 is 0.917 bits per heavy atom. The molecule has 2 aliphatic heterocycles. The first-order valence-corrected chi connectivity index (χ1v) is 7.12. The van der Waals surface area contributed by atoms with Crippen LogP contribution in [0.3, 0.4) is 0 Å². The van der Waals surface area contributed by atoms with Crippen molar-refractivity contribution < 1.29 is 18.3 Å². The van der Waals surface area contributed by atoms with Crippen LogP contribution in [0, 0.1) is 0 Å². The third-order valence-corrected chi connectivity index (χ3v) is 3.82. The molecule has 2 aliphatic rings. The summed E-state index contributed by atoms with van der Waals surface area (Å²) in [7, 11) is 0. The number of fused-ring (bicyclic) bond motifs is 3. The van der Waals surface area contributed by atoms with Gasteiger partial charge in [0.2, 0.25) is 0 Å². The third-order valence-electron chi connectivity index (χ3n) is 3.82. The van der Waals surface area contributed by atoms with Gasteiger partial charge < -0.3 is 5.11 Å². The van der Waals surface area contributed by atoms with E-state index in [0.29, 0.717) is 11.4 Å². The van der Waals surface area contributed by atoms with E-state index in [1.54, 1.807) is 18.2 Å². The summed E-state index contributed by atoms with van der Waals surface area (Å²) in [6.45, 7) is 0. The van der Waals surface area contributed by atoms with E-state index < -0.39 is 17.6 Å². The van der Waals surface area contributed by atoms with Crippen molar-refractivity contribution in [3.8, 4) is 0 Å². The van der Waals surface area contributed by atoms with Gasteiger partial charge >= 0.3 is 6.18 Å². The predicted molar refractivity (Wildman–Crippen MR) is 81.0 cm³/mol. The van der Waals surface area contributed by atoms with E-state index in [1.807, 2.05) is 18.2 Å². The fourth-order valence-corrected chi connectivity index (χ4v) is 2.67. The van der Waals surface area contributed by atoms with E-state index >= 15 is 0 Å². The molecule has 4 rings (SSSR count). The minimum Gasteiger partial charge on any atom is -0.857 e. The topological polar surface area (TPSA) is 43.6 Å². The molecule has 0 saturated heterocycles. The number of hydrogen-bond acceptors (Lipinski definition) is 3. The fourth-order valence-electron chi connectivity index (χ4n) is 2.67. The Labute approximate surface area is 135 Å². The lowest BCUT2D eigenvalue weighted by molar-refractivity contribution is -0.305. The number of alkyl halides is 3. The highest BCUT2D eigenvalue weighted by Gasteiger charge is 2.33. The molecule has 24 heavy (non-hydrogen) atoms. The smallest absolute Gasteiger partial charge is 0.416 e. The maximum Gasteiger partial charge on any atom is 0.416 e. The van der Waals surface area contributed by atoms with Gasteiger partial charge in [-0.1, -0.05) is 30.3 Å². The second-order valence-electron chi connectivity index (χ2n) is 5.34. The highest BCUT2D eigenvalue weighted by Crippen LogP contribution is 2.37. The van der Waals surface area contributed by atoms with Gasteiger partial charge in [-0.25, -0.2) is 5.01 Å². The molecule has 0 aromatic heterocycles. The lowest BCUT2D eigenvalue weighted by atomic mass is 10.1. The van der Waals surface area contributed by atoms with E-state index in [4.69, 9.17) is 0 Å². The number of rotatable bonds is 1. The highest BCUT2D eigenvalue weighted by molar-refractivity contribution is 5.78. The summed E-state index contributed by atoms with van der Waals surface area (Å²) in [6, 6.07) is 11.9. The Morgan fingerprint density at radius 3 is 2.50 bits per heavy atom. The number of halogens is 3.